The summed E-state index contributed by atoms with van der Waals surface area (Å²) in [6.07, 6.45) is 1.73. The Balaban J connectivity index is 2.21. The van der Waals surface area contributed by atoms with Crippen LogP contribution in [0, 0.1) is 5.92 Å². The normalized spacial score (nSPS) is 17.9. The summed E-state index contributed by atoms with van der Waals surface area (Å²) in [5, 5.41) is 3.53. The van der Waals surface area contributed by atoms with Gasteiger partial charge in [-0.15, -0.1) is 0 Å². The molecular formula is C14H21ClN2O3S. The molecule has 1 heterocycles. The van der Waals surface area contributed by atoms with E-state index >= 15 is 0 Å². The number of sulfonamides is 1. The van der Waals surface area contributed by atoms with Crippen LogP contribution >= 0.6 is 11.6 Å². The summed E-state index contributed by atoms with van der Waals surface area (Å²) in [4.78, 5) is 0.143. The van der Waals surface area contributed by atoms with Gasteiger partial charge in [0.1, 0.15) is 10.6 Å². The molecule has 1 saturated heterocycles. The third-order valence-electron chi connectivity index (χ3n) is 3.81. The summed E-state index contributed by atoms with van der Waals surface area (Å²) in [6, 6.07) is 4.66. The maximum absolute atomic E-state index is 12.8. The number of halogens is 1. The van der Waals surface area contributed by atoms with Crippen LogP contribution in [0.1, 0.15) is 12.8 Å². The highest BCUT2D eigenvalue weighted by Crippen LogP contribution is 2.31. The molecule has 0 aromatic heterocycles. The zero-order valence-electron chi connectivity index (χ0n) is 12.3. The Hall–Kier alpha value is -0.820. The number of methoxy groups -OCH3 is 1. The minimum Gasteiger partial charge on any atom is -0.495 e. The Kier molecular flexibility index (Phi) is 5.48. The zero-order valence-corrected chi connectivity index (χ0v) is 13.9. The summed E-state index contributed by atoms with van der Waals surface area (Å²) >= 11 is 5.94. The van der Waals surface area contributed by atoms with E-state index in [0.29, 0.717) is 29.8 Å². The second-order valence-corrected chi connectivity index (χ2v) is 7.54. The first kappa shape index (κ1) is 16.5. The molecular weight excluding hydrogens is 312 g/mol. The quantitative estimate of drug-likeness (QED) is 0.895. The van der Waals surface area contributed by atoms with Crippen molar-refractivity contribution in [3.8, 4) is 5.75 Å². The topological polar surface area (TPSA) is 58.6 Å². The van der Waals surface area contributed by atoms with Crippen molar-refractivity contribution < 1.29 is 13.2 Å². The standard InChI is InChI=1S/C14H21ClN2O3S/c1-16-10-11-5-7-17(8-6-11)21(18,19)14-9-12(15)3-4-13(14)20-2/h3-4,9,11,16H,5-8,10H2,1-2H3. The SMILES string of the molecule is CNCC1CCN(S(=O)(=O)c2cc(Cl)ccc2OC)CC1. The van der Waals surface area contributed by atoms with Gasteiger partial charge in [0.2, 0.25) is 10.0 Å². The van der Waals surface area contributed by atoms with Crippen molar-refractivity contribution in [3.05, 3.63) is 23.2 Å². The van der Waals surface area contributed by atoms with Crippen molar-refractivity contribution in [2.75, 3.05) is 33.8 Å². The first-order valence-electron chi connectivity index (χ1n) is 6.97. The minimum absolute atomic E-state index is 0.143. The molecule has 1 N–H and O–H groups in total. The Morgan fingerprint density at radius 3 is 2.62 bits per heavy atom. The van der Waals surface area contributed by atoms with Crippen molar-refractivity contribution in [1.82, 2.24) is 9.62 Å². The van der Waals surface area contributed by atoms with Gasteiger partial charge in [0, 0.05) is 18.1 Å². The van der Waals surface area contributed by atoms with Crippen molar-refractivity contribution >= 4 is 21.6 Å². The predicted molar refractivity (Wildman–Crippen MR) is 83.4 cm³/mol. The average molecular weight is 333 g/mol. The van der Waals surface area contributed by atoms with Crippen LogP contribution in [0.15, 0.2) is 23.1 Å². The molecule has 0 amide bonds. The van der Waals surface area contributed by atoms with E-state index in [1.807, 2.05) is 7.05 Å². The number of hydrogen-bond acceptors (Lipinski definition) is 4. The average Bonchev–Trinajstić information content (AvgIpc) is 2.48. The van der Waals surface area contributed by atoms with Crippen LogP contribution in [0.5, 0.6) is 5.75 Å². The summed E-state index contributed by atoms with van der Waals surface area (Å²) in [6.45, 7) is 1.99. The fourth-order valence-corrected chi connectivity index (χ4v) is 4.52. The molecule has 0 unspecified atom stereocenters. The van der Waals surface area contributed by atoms with Crippen molar-refractivity contribution in [1.29, 1.82) is 0 Å². The van der Waals surface area contributed by atoms with Crippen LogP contribution in [0.4, 0.5) is 0 Å². The number of piperidine rings is 1. The van der Waals surface area contributed by atoms with Crippen LogP contribution in [-0.4, -0.2) is 46.5 Å². The van der Waals surface area contributed by atoms with Crippen LogP contribution < -0.4 is 10.1 Å². The summed E-state index contributed by atoms with van der Waals surface area (Å²) < 4.78 is 32.2. The number of hydrogen-bond donors (Lipinski definition) is 1. The lowest BCUT2D eigenvalue weighted by molar-refractivity contribution is 0.270. The van der Waals surface area contributed by atoms with Gasteiger partial charge in [0.05, 0.1) is 7.11 Å². The molecule has 0 atom stereocenters. The van der Waals surface area contributed by atoms with Crippen LogP contribution in [0.2, 0.25) is 5.02 Å². The van der Waals surface area contributed by atoms with Gasteiger partial charge in [-0.1, -0.05) is 11.6 Å². The Morgan fingerprint density at radius 2 is 2.05 bits per heavy atom. The van der Waals surface area contributed by atoms with Crippen LogP contribution in [-0.2, 0) is 10.0 Å². The predicted octanol–water partition coefficient (Wildman–Crippen LogP) is 1.97. The van der Waals surface area contributed by atoms with E-state index < -0.39 is 10.0 Å². The molecule has 5 nitrogen and oxygen atoms in total. The first-order valence-corrected chi connectivity index (χ1v) is 8.79. The molecule has 0 saturated carbocycles. The van der Waals surface area contributed by atoms with Crippen LogP contribution in [0.25, 0.3) is 0 Å². The Bertz CT molecular complexity index is 584. The van der Waals surface area contributed by atoms with E-state index in [0.717, 1.165) is 19.4 Å². The Labute approximate surface area is 131 Å². The van der Waals surface area contributed by atoms with Gasteiger partial charge >= 0.3 is 0 Å². The second kappa shape index (κ2) is 6.96. The lowest BCUT2D eigenvalue weighted by atomic mass is 9.98. The molecule has 0 spiro atoms. The van der Waals surface area contributed by atoms with E-state index in [4.69, 9.17) is 16.3 Å². The molecule has 21 heavy (non-hydrogen) atoms. The zero-order chi connectivity index (χ0) is 15.5. The van der Waals surface area contributed by atoms with Crippen molar-refractivity contribution in [2.45, 2.75) is 17.7 Å². The Morgan fingerprint density at radius 1 is 1.38 bits per heavy atom. The largest absolute Gasteiger partial charge is 0.495 e. The molecule has 1 aliphatic heterocycles. The second-order valence-electron chi connectivity index (χ2n) is 5.20. The number of nitrogens with zero attached hydrogens (tertiary/aromatic N) is 1. The molecule has 1 aliphatic rings. The van der Waals surface area contributed by atoms with Gasteiger partial charge in [-0.25, -0.2) is 8.42 Å². The number of rotatable bonds is 5. The molecule has 1 aromatic carbocycles. The third kappa shape index (κ3) is 3.69. The van der Waals surface area contributed by atoms with Gasteiger partial charge in [0.25, 0.3) is 0 Å². The number of ether oxygens (including phenoxy) is 1. The molecule has 0 bridgehead atoms. The number of benzene rings is 1. The fraction of sp³-hybridized carbons (Fsp3) is 0.571. The lowest BCUT2D eigenvalue weighted by Gasteiger charge is -2.31. The monoisotopic (exact) mass is 332 g/mol. The highest BCUT2D eigenvalue weighted by molar-refractivity contribution is 7.89. The molecule has 1 aromatic rings. The maximum atomic E-state index is 12.8. The van der Waals surface area contributed by atoms with E-state index in [-0.39, 0.29) is 4.90 Å². The van der Waals surface area contributed by atoms with E-state index in [2.05, 4.69) is 5.32 Å². The summed E-state index contributed by atoms with van der Waals surface area (Å²) in [5.41, 5.74) is 0. The van der Waals surface area contributed by atoms with E-state index in [1.54, 1.807) is 12.1 Å². The van der Waals surface area contributed by atoms with Gasteiger partial charge in [-0.05, 0) is 50.6 Å². The molecule has 0 radical (unpaired) electrons. The molecule has 0 aliphatic carbocycles. The van der Waals surface area contributed by atoms with E-state index in [9.17, 15) is 8.42 Å². The van der Waals surface area contributed by atoms with E-state index in [1.165, 1.54) is 17.5 Å². The van der Waals surface area contributed by atoms with Crippen LogP contribution in [0.3, 0.4) is 0 Å². The lowest BCUT2D eigenvalue weighted by Crippen LogP contribution is -2.40. The van der Waals surface area contributed by atoms with Crippen molar-refractivity contribution in [3.63, 3.8) is 0 Å². The van der Waals surface area contributed by atoms with Crippen molar-refractivity contribution in [2.24, 2.45) is 5.92 Å². The highest BCUT2D eigenvalue weighted by Gasteiger charge is 2.31. The molecule has 118 valence electrons. The van der Waals surface area contributed by atoms with Gasteiger partial charge in [-0.2, -0.15) is 4.31 Å². The minimum atomic E-state index is -3.56. The fourth-order valence-electron chi connectivity index (χ4n) is 2.63. The molecule has 7 heteroatoms. The number of nitrogens with one attached hydrogen (secondary N) is 1. The molecule has 1 fully saturated rings. The maximum Gasteiger partial charge on any atom is 0.246 e. The first-order chi connectivity index (χ1) is 9.98. The van der Waals surface area contributed by atoms with Gasteiger partial charge in [-0.3, -0.25) is 0 Å². The van der Waals surface area contributed by atoms with Gasteiger partial charge < -0.3 is 10.1 Å². The highest BCUT2D eigenvalue weighted by atomic mass is 35.5. The molecule has 2 rings (SSSR count). The third-order valence-corrected chi connectivity index (χ3v) is 5.96. The van der Waals surface area contributed by atoms with Gasteiger partial charge in [0.15, 0.2) is 0 Å². The summed E-state index contributed by atoms with van der Waals surface area (Å²) in [7, 11) is -0.186. The smallest absolute Gasteiger partial charge is 0.246 e. The summed E-state index contributed by atoms with van der Waals surface area (Å²) in [5.74, 6) is 0.861.